The van der Waals surface area contributed by atoms with Gasteiger partial charge in [0.2, 0.25) is 0 Å². The number of carbonyl (C=O) groups excluding carboxylic acids is 1. The van der Waals surface area contributed by atoms with Crippen LogP contribution < -0.4 is 29.6 Å². The molecule has 0 spiro atoms. The van der Waals surface area contributed by atoms with Crippen LogP contribution in [0, 0.1) is 5.92 Å². The number of rotatable bonds is 16. The van der Waals surface area contributed by atoms with Crippen LogP contribution in [0.1, 0.15) is 112 Å². The number of hydrogen-bond donors (Lipinski definition) is 0. The minimum Gasteiger partial charge on any atom is -1.00 e. The quantitative estimate of drug-likeness (QED) is 0.228. The Kier molecular flexibility index (Phi) is 26.3. The Morgan fingerprint density at radius 3 is 1.74 bits per heavy atom. The maximum Gasteiger partial charge on any atom is 1.00 e. The third-order valence-electron chi connectivity index (χ3n) is 5.02. The van der Waals surface area contributed by atoms with Gasteiger partial charge in [-0.25, -0.2) is 0 Å². The molecule has 1 aliphatic heterocycles. The van der Waals surface area contributed by atoms with Gasteiger partial charge in [-0.2, -0.15) is 0 Å². The summed E-state index contributed by atoms with van der Waals surface area (Å²) in [7, 11) is 0. The summed E-state index contributed by atoms with van der Waals surface area (Å²) in [5, 5.41) is 0. The van der Waals surface area contributed by atoms with Crippen molar-refractivity contribution in [2.75, 3.05) is 19.6 Å². The Balaban J connectivity index is -0.000000583. The summed E-state index contributed by atoms with van der Waals surface area (Å²) in [6.45, 7) is 9.99. The van der Waals surface area contributed by atoms with E-state index in [1.54, 1.807) is 0 Å². The third-order valence-corrected chi connectivity index (χ3v) is 5.02. The Labute approximate surface area is 193 Å². The van der Waals surface area contributed by atoms with Gasteiger partial charge in [-0.05, 0) is 19.3 Å². The summed E-state index contributed by atoms with van der Waals surface area (Å²) in [6.07, 6.45) is 21.6. The van der Waals surface area contributed by atoms with E-state index in [0.717, 1.165) is 44.7 Å². The molecule has 0 radical (unpaired) electrons. The van der Waals surface area contributed by atoms with Gasteiger partial charge >= 0.3 is 29.6 Å². The van der Waals surface area contributed by atoms with Gasteiger partial charge < -0.3 is 11.1 Å². The van der Waals surface area contributed by atoms with Gasteiger partial charge in [0.1, 0.15) is 6.29 Å². The Bertz CT molecular complexity index is 328. The van der Waals surface area contributed by atoms with Gasteiger partial charge in [-0.1, -0.05) is 90.9 Å². The van der Waals surface area contributed by atoms with E-state index < -0.39 is 0 Å². The van der Waals surface area contributed by atoms with Crippen LogP contribution in [-0.4, -0.2) is 37.2 Å². The standard InChI is InChI=1S/C18H36O.C5H10N2.Na.H/c1-18(2)16-14-12-10-8-6-4-3-5-7-9-11-13-15-17-19;1-2-7-4-3-6-5-7;;/h17-18H,3-16H2,1-2H3;5H,2-4H2,1H3;;/q;;+1;-1. The molecular formula is C23H47N2NaO. The largest absolute Gasteiger partial charge is 1.00 e. The molecule has 0 saturated heterocycles. The fraction of sp³-hybridized carbons (Fsp3) is 0.913. The topological polar surface area (TPSA) is 32.7 Å². The number of aldehydes is 1. The van der Waals surface area contributed by atoms with Crippen LogP contribution >= 0.6 is 0 Å². The van der Waals surface area contributed by atoms with E-state index in [1.165, 1.54) is 77.0 Å². The SMILES string of the molecule is CC(C)CCCCCCCCCCCCCCC=O.CCN1C=NCC1.[H-].[Na+]. The second kappa shape index (κ2) is 24.2. The molecule has 0 aromatic carbocycles. The maximum absolute atomic E-state index is 10.1. The minimum absolute atomic E-state index is 0. The fourth-order valence-electron chi connectivity index (χ4n) is 3.20. The molecule has 0 bridgehead atoms. The van der Waals surface area contributed by atoms with Crippen LogP contribution in [0.4, 0.5) is 0 Å². The van der Waals surface area contributed by atoms with Gasteiger partial charge in [-0.3, -0.25) is 4.99 Å². The van der Waals surface area contributed by atoms with Crippen molar-refractivity contribution in [1.82, 2.24) is 4.90 Å². The number of hydrogen-bond acceptors (Lipinski definition) is 3. The van der Waals surface area contributed by atoms with Crippen LogP contribution in [0.3, 0.4) is 0 Å². The summed E-state index contributed by atoms with van der Waals surface area (Å²) >= 11 is 0. The van der Waals surface area contributed by atoms with Crippen molar-refractivity contribution in [2.45, 2.75) is 111 Å². The number of unbranched alkanes of at least 4 members (excludes halogenated alkanes) is 12. The smallest absolute Gasteiger partial charge is 1.00 e. The predicted octanol–water partition coefficient (Wildman–Crippen LogP) is 3.77. The van der Waals surface area contributed by atoms with Crippen molar-refractivity contribution in [1.29, 1.82) is 0 Å². The average Bonchev–Trinajstić information content (AvgIpc) is 3.16. The molecule has 156 valence electrons. The first-order chi connectivity index (χ1) is 12.7. The third kappa shape index (κ3) is 24.1. The van der Waals surface area contributed by atoms with E-state index in [1.807, 2.05) is 6.34 Å². The van der Waals surface area contributed by atoms with Crippen LogP contribution in [-0.2, 0) is 4.79 Å². The molecule has 0 amide bonds. The van der Waals surface area contributed by atoms with Crippen molar-refractivity contribution in [3.05, 3.63) is 0 Å². The predicted molar refractivity (Wildman–Crippen MR) is 117 cm³/mol. The molecule has 3 nitrogen and oxygen atoms in total. The minimum atomic E-state index is 0. The molecule has 0 atom stereocenters. The Hall–Kier alpha value is 0.140. The van der Waals surface area contributed by atoms with Gasteiger partial charge in [-0.15, -0.1) is 0 Å². The molecule has 0 aromatic rings. The molecule has 0 aromatic heterocycles. The van der Waals surface area contributed by atoms with Crippen LogP contribution in [0.25, 0.3) is 0 Å². The van der Waals surface area contributed by atoms with Crippen molar-refractivity contribution in [3.63, 3.8) is 0 Å². The first-order valence-electron chi connectivity index (χ1n) is 11.4. The number of aliphatic imine (C=N–C) groups is 1. The zero-order chi connectivity index (χ0) is 19.3. The zero-order valence-corrected chi connectivity index (χ0v) is 21.1. The molecule has 1 rings (SSSR count). The second-order valence-corrected chi connectivity index (χ2v) is 8.03. The van der Waals surface area contributed by atoms with Crippen LogP contribution in [0.2, 0.25) is 0 Å². The molecule has 1 heterocycles. The number of likely N-dealkylation sites (N-methyl/N-ethyl adjacent to an activating group) is 1. The first kappa shape index (κ1) is 29.3. The molecular weight excluding hydrogens is 343 g/mol. The Morgan fingerprint density at radius 1 is 0.926 bits per heavy atom. The molecule has 4 heteroatoms. The van der Waals surface area contributed by atoms with Crippen molar-refractivity contribution < 1.29 is 35.8 Å². The summed E-state index contributed by atoms with van der Waals surface area (Å²) < 4.78 is 0. The molecule has 0 unspecified atom stereocenters. The summed E-state index contributed by atoms with van der Waals surface area (Å²) in [5.41, 5.74) is 0. The van der Waals surface area contributed by atoms with Gasteiger partial charge in [0.25, 0.3) is 0 Å². The van der Waals surface area contributed by atoms with E-state index in [-0.39, 0.29) is 31.0 Å². The zero-order valence-electron chi connectivity index (χ0n) is 20.1. The fourth-order valence-corrected chi connectivity index (χ4v) is 3.20. The Morgan fingerprint density at radius 2 is 1.41 bits per heavy atom. The van der Waals surface area contributed by atoms with Crippen molar-refractivity contribution in [3.8, 4) is 0 Å². The van der Waals surface area contributed by atoms with Crippen LogP contribution in [0.5, 0.6) is 0 Å². The van der Waals surface area contributed by atoms with Gasteiger partial charge in [0, 0.05) is 19.5 Å². The second-order valence-electron chi connectivity index (χ2n) is 8.03. The molecule has 27 heavy (non-hydrogen) atoms. The van der Waals surface area contributed by atoms with Crippen molar-refractivity contribution in [2.24, 2.45) is 10.9 Å². The molecule has 0 saturated carbocycles. The summed E-state index contributed by atoms with van der Waals surface area (Å²) in [6, 6.07) is 0. The van der Waals surface area contributed by atoms with Gasteiger partial charge in [0.15, 0.2) is 0 Å². The monoisotopic (exact) mass is 390 g/mol. The number of nitrogens with zero attached hydrogens (tertiary/aromatic N) is 2. The first-order valence-corrected chi connectivity index (χ1v) is 11.4. The van der Waals surface area contributed by atoms with Gasteiger partial charge in [0.05, 0.1) is 12.9 Å². The van der Waals surface area contributed by atoms with Crippen molar-refractivity contribution >= 4 is 12.6 Å². The van der Waals surface area contributed by atoms with E-state index in [0.29, 0.717) is 0 Å². The molecule has 0 fully saturated rings. The normalized spacial score (nSPS) is 12.7. The van der Waals surface area contributed by atoms with Crippen LogP contribution in [0.15, 0.2) is 4.99 Å². The number of carbonyl (C=O) groups is 1. The van der Waals surface area contributed by atoms with E-state index in [2.05, 4.69) is 30.7 Å². The van der Waals surface area contributed by atoms with E-state index in [9.17, 15) is 4.79 Å². The average molecular weight is 391 g/mol. The van der Waals surface area contributed by atoms with E-state index >= 15 is 0 Å². The summed E-state index contributed by atoms with van der Waals surface area (Å²) in [5.74, 6) is 0.881. The molecule has 0 N–H and O–H groups in total. The summed E-state index contributed by atoms with van der Waals surface area (Å²) in [4.78, 5) is 16.4. The molecule has 1 aliphatic rings. The van der Waals surface area contributed by atoms with E-state index in [4.69, 9.17) is 0 Å². The maximum atomic E-state index is 10.1. The molecule has 0 aliphatic carbocycles.